The number of hydrogen-bond acceptors (Lipinski definition) is 2. The highest BCUT2D eigenvalue weighted by molar-refractivity contribution is 5.77. The molecule has 0 spiro atoms. The highest BCUT2D eigenvalue weighted by Crippen LogP contribution is 2.36. The molecule has 0 bridgehead atoms. The Morgan fingerprint density at radius 1 is 1.33 bits per heavy atom. The maximum Gasteiger partial charge on any atom is 0.323 e. The van der Waals surface area contributed by atoms with Gasteiger partial charge in [0.15, 0.2) is 0 Å². The van der Waals surface area contributed by atoms with Crippen LogP contribution in [-0.2, 0) is 4.79 Å². The van der Waals surface area contributed by atoms with Crippen molar-refractivity contribution in [1.82, 2.24) is 4.90 Å². The highest BCUT2D eigenvalue weighted by Gasteiger charge is 2.41. The number of carbonyl (C=O) groups is 1. The molecule has 1 saturated carbocycles. The Hall–Kier alpha value is -0.570. The highest BCUT2D eigenvalue weighted by atomic mass is 16.4. The number of hydrogen-bond donors (Lipinski definition) is 1. The van der Waals surface area contributed by atoms with E-state index in [0.717, 1.165) is 13.0 Å². The molecule has 0 aromatic rings. The van der Waals surface area contributed by atoms with Crippen molar-refractivity contribution in [2.24, 2.45) is 11.8 Å². The van der Waals surface area contributed by atoms with Crippen LogP contribution < -0.4 is 0 Å². The number of rotatable bonds is 5. The van der Waals surface area contributed by atoms with Gasteiger partial charge in [-0.25, -0.2) is 0 Å². The van der Waals surface area contributed by atoms with E-state index in [1.54, 1.807) is 0 Å². The predicted octanol–water partition coefficient (Wildman–Crippen LogP) is 3.39. The number of nitrogens with zero attached hydrogens (tertiary/aromatic N) is 1. The summed E-state index contributed by atoms with van der Waals surface area (Å²) in [5.74, 6) is 0.559. The van der Waals surface area contributed by atoms with Gasteiger partial charge < -0.3 is 5.11 Å². The van der Waals surface area contributed by atoms with Crippen molar-refractivity contribution >= 4 is 5.97 Å². The molecule has 0 aromatic carbocycles. The Morgan fingerprint density at radius 3 is 2.33 bits per heavy atom. The summed E-state index contributed by atoms with van der Waals surface area (Å²) in [6.45, 7) is 11.1. The topological polar surface area (TPSA) is 40.5 Å². The van der Waals surface area contributed by atoms with Gasteiger partial charge in [0.1, 0.15) is 5.54 Å². The zero-order valence-corrected chi connectivity index (χ0v) is 12.6. The Kier molecular flexibility index (Phi) is 5.20. The summed E-state index contributed by atoms with van der Waals surface area (Å²) in [5.41, 5.74) is -0.760. The molecule has 3 heteroatoms. The van der Waals surface area contributed by atoms with Gasteiger partial charge in [-0.1, -0.05) is 33.6 Å². The second kappa shape index (κ2) is 6.05. The molecule has 0 saturated heterocycles. The standard InChI is InChI=1S/C15H29NO2/c1-6-16(15(4,5)14(17)18)13-10-8-7-9-12(13)11(2)3/h11-13H,6-10H2,1-5H3,(H,17,18). The van der Waals surface area contributed by atoms with Crippen LogP contribution in [0, 0.1) is 11.8 Å². The van der Waals surface area contributed by atoms with Gasteiger partial charge in [0.25, 0.3) is 0 Å². The fourth-order valence-corrected chi connectivity index (χ4v) is 3.47. The van der Waals surface area contributed by atoms with Crippen molar-refractivity contribution < 1.29 is 9.90 Å². The van der Waals surface area contributed by atoms with E-state index < -0.39 is 11.5 Å². The summed E-state index contributed by atoms with van der Waals surface area (Å²) in [7, 11) is 0. The maximum atomic E-state index is 11.5. The first kappa shape index (κ1) is 15.5. The van der Waals surface area contributed by atoms with Crippen LogP contribution in [0.25, 0.3) is 0 Å². The van der Waals surface area contributed by atoms with Crippen molar-refractivity contribution in [1.29, 1.82) is 0 Å². The normalized spacial score (nSPS) is 25.7. The van der Waals surface area contributed by atoms with Crippen LogP contribution in [0.5, 0.6) is 0 Å². The quantitative estimate of drug-likeness (QED) is 0.818. The van der Waals surface area contributed by atoms with E-state index in [9.17, 15) is 9.90 Å². The number of carboxylic acid groups (broad SMARTS) is 1. The first-order valence-corrected chi connectivity index (χ1v) is 7.32. The minimum absolute atomic E-state index is 0.426. The maximum absolute atomic E-state index is 11.5. The lowest BCUT2D eigenvalue weighted by Gasteiger charge is -2.47. The summed E-state index contributed by atoms with van der Waals surface area (Å²) in [5, 5.41) is 9.46. The van der Waals surface area contributed by atoms with Crippen LogP contribution in [0.2, 0.25) is 0 Å². The fraction of sp³-hybridized carbons (Fsp3) is 0.933. The van der Waals surface area contributed by atoms with Crippen molar-refractivity contribution in [3.05, 3.63) is 0 Å². The third-order valence-corrected chi connectivity index (χ3v) is 4.62. The molecule has 2 atom stereocenters. The molecule has 1 aliphatic rings. The number of carboxylic acids is 1. The average molecular weight is 255 g/mol. The molecule has 0 radical (unpaired) electrons. The van der Waals surface area contributed by atoms with E-state index in [4.69, 9.17) is 0 Å². The molecule has 0 amide bonds. The zero-order chi connectivity index (χ0) is 13.9. The van der Waals surface area contributed by atoms with Gasteiger partial charge in [0, 0.05) is 6.04 Å². The first-order chi connectivity index (χ1) is 8.32. The van der Waals surface area contributed by atoms with Crippen LogP contribution >= 0.6 is 0 Å². The summed E-state index contributed by atoms with van der Waals surface area (Å²) >= 11 is 0. The van der Waals surface area contributed by atoms with Crippen LogP contribution in [0.15, 0.2) is 0 Å². The Balaban J connectivity index is 2.95. The molecular formula is C15H29NO2. The van der Waals surface area contributed by atoms with Crippen molar-refractivity contribution in [3.8, 4) is 0 Å². The van der Waals surface area contributed by atoms with Crippen LogP contribution in [0.1, 0.15) is 60.3 Å². The summed E-state index contributed by atoms with van der Waals surface area (Å²) < 4.78 is 0. The molecule has 0 heterocycles. The molecule has 18 heavy (non-hydrogen) atoms. The van der Waals surface area contributed by atoms with E-state index in [2.05, 4.69) is 25.7 Å². The average Bonchev–Trinajstić information content (AvgIpc) is 2.29. The van der Waals surface area contributed by atoms with Crippen molar-refractivity contribution in [3.63, 3.8) is 0 Å². The molecule has 106 valence electrons. The van der Waals surface area contributed by atoms with Gasteiger partial charge in [-0.3, -0.25) is 9.69 Å². The van der Waals surface area contributed by atoms with E-state index >= 15 is 0 Å². The molecule has 3 nitrogen and oxygen atoms in total. The number of likely N-dealkylation sites (N-methyl/N-ethyl adjacent to an activating group) is 1. The SMILES string of the molecule is CCN(C1CCCCC1C(C)C)C(C)(C)C(=O)O. The second-order valence-corrected chi connectivity index (χ2v) is 6.41. The van der Waals surface area contributed by atoms with Gasteiger partial charge in [-0.05, 0) is 45.1 Å². The van der Waals surface area contributed by atoms with Crippen LogP contribution in [0.4, 0.5) is 0 Å². The summed E-state index contributed by atoms with van der Waals surface area (Å²) in [6, 6.07) is 0.426. The molecular weight excluding hydrogens is 226 g/mol. The minimum atomic E-state index is -0.760. The lowest BCUT2D eigenvalue weighted by Crippen LogP contribution is -2.57. The molecule has 1 rings (SSSR count). The Morgan fingerprint density at radius 2 is 1.89 bits per heavy atom. The molecule has 1 aliphatic carbocycles. The van der Waals surface area contributed by atoms with E-state index in [1.807, 2.05) is 13.8 Å². The lowest BCUT2D eigenvalue weighted by atomic mass is 9.76. The Bertz CT molecular complexity index is 286. The van der Waals surface area contributed by atoms with Crippen molar-refractivity contribution in [2.75, 3.05) is 6.54 Å². The molecule has 0 aliphatic heterocycles. The largest absolute Gasteiger partial charge is 0.480 e. The first-order valence-electron chi connectivity index (χ1n) is 7.32. The van der Waals surface area contributed by atoms with Gasteiger partial charge in [0.2, 0.25) is 0 Å². The van der Waals surface area contributed by atoms with E-state index in [-0.39, 0.29) is 0 Å². The predicted molar refractivity (Wildman–Crippen MR) is 74.7 cm³/mol. The van der Waals surface area contributed by atoms with Gasteiger partial charge in [-0.15, -0.1) is 0 Å². The second-order valence-electron chi connectivity index (χ2n) is 6.41. The van der Waals surface area contributed by atoms with Gasteiger partial charge in [0.05, 0.1) is 0 Å². The summed E-state index contributed by atoms with van der Waals surface area (Å²) in [4.78, 5) is 13.7. The van der Waals surface area contributed by atoms with Gasteiger partial charge in [-0.2, -0.15) is 0 Å². The monoisotopic (exact) mass is 255 g/mol. The molecule has 1 fully saturated rings. The third-order valence-electron chi connectivity index (χ3n) is 4.62. The fourth-order valence-electron chi connectivity index (χ4n) is 3.47. The van der Waals surface area contributed by atoms with E-state index in [1.165, 1.54) is 19.3 Å². The molecule has 1 N–H and O–H groups in total. The van der Waals surface area contributed by atoms with E-state index in [0.29, 0.717) is 17.9 Å². The van der Waals surface area contributed by atoms with Crippen LogP contribution in [-0.4, -0.2) is 34.1 Å². The Labute approximate surface area is 112 Å². The summed E-state index contributed by atoms with van der Waals surface area (Å²) in [6.07, 6.45) is 4.92. The number of aliphatic carboxylic acids is 1. The van der Waals surface area contributed by atoms with Gasteiger partial charge >= 0.3 is 5.97 Å². The molecule has 0 aromatic heterocycles. The minimum Gasteiger partial charge on any atom is -0.480 e. The third kappa shape index (κ3) is 3.05. The lowest BCUT2D eigenvalue weighted by molar-refractivity contribution is -0.152. The zero-order valence-electron chi connectivity index (χ0n) is 12.6. The van der Waals surface area contributed by atoms with Crippen molar-refractivity contribution in [2.45, 2.75) is 71.9 Å². The molecule has 2 unspecified atom stereocenters. The smallest absolute Gasteiger partial charge is 0.323 e. The van der Waals surface area contributed by atoms with Crippen LogP contribution in [0.3, 0.4) is 0 Å².